The topological polar surface area (TPSA) is 114 Å². The lowest BCUT2D eigenvalue weighted by Gasteiger charge is -2.41. The van der Waals surface area contributed by atoms with Gasteiger partial charge in [0.15, 0.2) is 0 Å². The molecule has 1 atom stereocenters. The van der Waals surface area contributed by atoms with Gasteiger partial charge < -0.3 is 15.7 Å². The minimum atomic E-state index is -0.819. The zero-order valence-corrected chi connectivity index (χ0v) is 10.7. The van der Waals surface area contributed by atoms with E-state index in [0.29, 0.717) is 18.8 Å². The van der Waals surface area contributed by atoms with E-state index in [9.17, 15) is 9.59 Å². The number of hydrogen-bond donors (Lipinski definition) is 2. The number of amides is 1. The standard InChI is InChI=1S/C11H17N5O3/c1-7(11(18)19)8-3-15(4-8)10(17)6-16-5-9(2-12)13-14-16/h5,7-8H,2-4,6,12H2,1H3,(H,18,19). The molecule has 1 unspecified atom stereocenters. The van der Waals surface area contributed by atoms with E-state index in [2.05, 4.69) is 10.3 Å². The number of aromatic nitrogens is 3. The second kappa shape index (κ2) is 5.35. The van der Waals surface area contributed by atoms with Gasteiger partial charge in [0.2, 0.25) is 5.91 Å². The van der Waals surface area contributed by atoms with Crippen molar-refractivity contribution >= 4 is 11.9 Å². The molecule has 0 aromatic carbocycles. The SMILES string of the molecule is CC(C(=O)O)C1CN(C(=O)Cn2cc(CN)nn2)C1. The molecular formula is C11H17N5O3. The van der Waals surface area contributed by atoms with Gasteiger partial charge in [-0.05, 0) is 0 Å². The van der Waals surface area contributed by atoms with Gasteiger partial charge in [-0.15, -0.1) is 5.10 Å². The summed E-state index contributed by atoms with van der Waals surface area (Å²) in [5.41, 5.74) is 6.04. The summed E-state index contributed by atoms with van der Waals surface area (Å²) in [5, 5.41) is 16.5. The van der Waals surface area contributed by atoms with Crippen molar-refractivity contribution in [2.75, 3.05) is 13.1 Å². The second-order valence-corrected chi connectivity index (χ2v) is 4.80. The molecule has 0 bridgehead atoms. The van der Waals surface area contributed by atoms with Crippen LogP contribution in [0.15, 0.2) is 6.20 Å². The molecule has 104 valence electrons. The van der Waals surface area contributed by atoms with Crippen molar-refractivity contribution in [2.45, 2.75) is 20.0 Å². The number of carbonyl (C=O) groups is 2. The third kappa shape index (κ3) is 2.90. The van der Waals surface area contributed by atoms with Crippen molar-refractivity contribution in [3.8, 4) is 0 Å². The number of carboxylic acid groups (broad SMARTS) is 1. The fraction of sp³-hybridized carbons (Fsp3) is 0.636. The summed E-state index contributed by atoms with van der Waals surface area (Å²) in [4.78, 5) is 24.3. The van der Waals surface area contributed by atoms with Crippen LogP contribution in [0.5, 0.6) is 0 Å². The number of aliphatic carboxylic acids is 1. The van der Waals surface area contributed by atoms with Crippen LogP contribution in [-0.4, -0.2) is 50.0 Å². The molecule has 8 nitrogen and oxygen atoms in total. The molecular weight excluding hydrogens is 250 g/mol. The normalized spacial score (nSPS) is 17.1. The Morgan fingerprint density at radius 1 is 1.58 bits per heavy atom. The Hall–Kier alpha value is -1.96. The predicted octanol–water partition coefficient (Wildman–Crippen LogP) is -1.08. The zero-order valence-electron chi connectivity index (χ0n) is 10.7. The quantitative estimate of drug-likeness (QED) is 0.701. The van der Waals surface area contributed by atoms with Crippen molar-refractivity contribution < 1.29 is 14.7 Å². The lowest BCUT2D eigenvalue weighted by atomic mass is 9.87. The van der Waals surface area contributed by atoms with E-state index in [0.717, 1.165) is 0 Å². The first-order valence-electron chi connectivity index (χ1n) is 6.11. The van der Waals surface area contributed by atoms with E-state index in [1.54, 1.807) is 18.0 Å². The Morgan fingerprint density at radius 2 is 2.26 bits per heavy atom. The number of carbonyl (C=O) groups excluding carboxylic acids is 1. The van der Waals surface area contributed by atoms with Crippen LogP contribution in [0.25, 0.3) is 0 Å². The Bertz CT molecular complexity index is 480. The molecule has 0 spiro atoms. The average molecular weight is 267 g/mol. The number of nitrogens with zero attached hydrogens (tertiary/aromatic N) is 4. The highest BCUT2D eigenvalue weighted by Crippen LogP contribution is 2.24. The number of hydrogen-bond acceptors (Lipinski definition) is 5. The monoisotopic (exact) mass is 267 g/mol. The molecule has 1 aromatic rings. The third-order valence-corrected chi connectivity index (χ3v) is 3.45. The lowest BCUT2D eigenvalue weighted by molar-refractivity contribution is -0.150. The van der Waals surface area contributed by atoms with E-state index in [1.807, 2.05) is 0 Å². The summed E-state index contributed by atoms with van der Waals surface area (Å²) in [6, 6.07) is 0. The van der Waals surface area contributed by atoms with E-state index >= 15 is 0 Å². The highest BCUT2D eigenvalue weighted by atomic mass is 16.4. The highest BCUT2D eigenvalue weighted by Gasteiger charge is 2.37. The first kappa shape index (κ1) is 13.5. The predicted molar refractivity (Wildman–Crippen MR) is 64.8 cm³/mol. The minimum absolute atomic E-state index is 0.0387. The van der Waals surface area contributed by atoms with Gasteiger partial charge in [0, 0.05) is 25.6 Å². The molecule has 0 saturated carbocycles. The number of carboxylic acids is 1. The molecule has 1 amide bonds. The molecule has 1 aromatic heterocycles. The molecule has 0 aliphatic carbocycles. The Kier molecular flexibility index (Phi) is 3.79. The van der Waals surface area contributed by atoms with E-state index < -0.39 is 11.9 Å². The van der Waals surface area contributed by atoms with E-state index in [-0.39, 0.29) is 24.9 Å². The summed E-state index contributed by atoms with van der Waals surface area (Å²) in [6.07, 6.45) is 1.63. The van der Waals surface area contributed by atoms with Crippen LogP contribution in [0.1, 0.15) is 12.6 Å². The maximum Gasteiger partial charge on any atom is 0.306 e. The number of rotatable bonds is 5. The second-order valence-electron chi connectivity index (χ2n) is 4.80. The third-order valence-electron chi connectivity index (χ3n) is 3.45. The van der Waals surface area contributed by atoms with Gasteiger partial charge >= 0.3 is 5.97 Å². The molecule has 1 aliphatic heterocycles. The van der Waals surface area contributed by atoms with Crippen LogP contribution in [0.2, 0.25) is 0 Å². The van der Waals surface area contributed by atoms with Crippen molar-refractivity contribution in [1.82, 2.24) is 19.9 Å². The van der Waals surface area contributed by atoms with Crippen LogP contribution in [0, 0.1) is 11.8 Å². The van der Waals surface area contributed by atoms with Crippen molar-refractivity contribution in [1.29, 1.82) is 0 Å². The van der Waals surface area contributed by atoms with Gasteiger partial charge in [-0.3, -0.25) is 9.59 Å². The first-order chi connectivity index (χ1) is 9.01. The van der Waals surface area contributed by atoms with Gasteiger partial charge in [0.05, 0.1) is 17.8 Å². The summed E-state index contributed by atoms with van der Waals surface area (Å²) in [7, 11) is 0. The maximum atomic E-state index is 11.9. The molecule has 1 aliphatic rings. The smallest absolute Gasteiger partial charge is 0.306 e. The highest BCUT2D eigenvalue weighted by molar-refractivity contribution is 5.77. The van der Waals surface area contributed by atoms with Gasteiger partial charge in [-0.1, -0.05) is 12.1 Å². The summed E-state index contributed by atoms with van der Waals surface area (Å²) in [5.74, 6) is -1.28. The van der Waals surface area contributed by atoms with Crippen LogP contribution in [0.4, 0.5) is 0 Å². The Balaban J connectivity index is 1.81. The Labute approximate surface area is 110 Å². The first-order valence-corrected chi connectivity index (χ1v) is 6.11. The molecule has 2 rings (SSSR count). The Morgan fingerprint density at radius 3 is 2.79 bits per heavy atom. The maximum absolute atomic E-state index is 11.9. The van der Waals surface area contributed by atoms with Gasteiger partial charge in [0.25, 0.3) is 0 Å². The minimum Gasteiger partial charge on any atom is -0.481 e. The molecule has 19 heavy (non-hydrogen) atoms. The fourth-order valence-electron chi connectivity index (χ4n) is 1.98. The largest absolute Gasteiger partial charge is 0.481 e. The number of likely N-dealkylation sites (tertiary alicyclic amines) is 1. The van der Waals surface area contributed by atoms with Gasteiger partial charge in [0.1, 0.15) is 6.54 Å². The van der Waals surface area contributed by atoms with Crippen LogP contribution < -0.4 is 5.73 Å². The van der Waals surface area contributed by atoms with Crippen LogP contribution in [-0.2, 0) is 22.7 Å². The number of nitrogens with two attached hydrogens (primary N) is 1. The lowest BCUT2D eigenvalue weighted by Crippen LogP contribution is -2.54. The van der Waals surface area contributed by atoms with Crippen LogP contribution >= 0.6 is 0 Å². The van der Waals surface area contributed by atoms with Crippen molar-refractivity contribution in [3.63, 3.8) is 0 Å². The molecule has 0 radical (unpaired) electrons. The molecule has 1 saturated heterocycles. The van der Waals surface area contributed by atoms with E-state index in [4.69, 9.17) is 10.8 Å². The molecule has 3 N–H and O–H groups in total. The fourth-order valence-corrected chi connectivity index (χ4v) is 1.98. The summed E-state index contributed by atoms with van der Waals surface area (Å²) < 4.78 is 1.44. The summed E-state index contributed by atoms with van der Waals surface area (Å²) >= 11 is 0. The average Bonchev–Trinajstić information content (AvgIpc) is 2.74. The molecule has 1 fully saturated rings. The van der Waals surface area contributed by atoms with Crippen molar-refractivity contribution in [3.05, 3.63) is 11.9 Å². The van der Waals surface area contributed by atoms with Crippen LogP contribution in [0.3, 0.4) is 0 Å². The van der Waals surface area contributed by atoms with E-state index in [1.165, 1.54) is 4.68 Å². The molecule has 8 heteroatoms. The summed E-state index contributed by atoms with van der Waals surface area (Å²) in [6.45, 7) is 3.05. The van der Waals surface area contributed by atoms with Crippen molar-refractivity contribution in [2.24, 2.45) is 17.6 Å². The van der Waals surface area contributed by atoms with Gasteiger partial charge in [-0.25, -0.2) is 4.68 Å². The van der Waals surface area contributed by atoms with Gasteiger partial charge in [-0.2, -0.15) is 0 Å². The molecule has 2 heterocycles. The zero-order chi connectivity index (χ0) is 14.0.